The van der Waals surface area contributed by atoms with Crippen LogP contribution in [-0.2, 0) is 28.7 Å². The van der Waals surface area contributed by atoms with Gasteiger partial charge in [0.15, 0.2) is 5.82 Å². The van der Waals surface area contributed by atoms with E-state index in [1.165, 1.54) is 19.0 Å². The summed E-state index contributed by atoms with van der Waals surface area (Å²) in [7, 11) is 2.51. The van der Waals surface area contributed by atoms with E-state index in [9.17, 15) is 35.5 Å². The highest BCUT2D eigenvalue weighted by Gasteiger charge is 2.50. The number of aromatic nitrogens is 2. The number of amides is 1. The molecule has 284 valence electrons. The van der Waals surface area contributed by atoms with Gasteiger partial charge in [-0.15, -0.1) is 0 Å². The summed E-state index contributed by atoms with van der Waals surface area (Å²) in [6.07, 6.45) is -11.1. The van der Waals surface area contributed by atoms with E-state index in [4.69, 9.17) is 20.9 Å². The van der Waals surface area contributed by atoms with Gasteiger partial charge >= 0.3 is 18.4 Å². The van der Waals surface area contributed by atoms with Gasteiger partial charge < -0.3 is 30.7 Å². The molecule has 19 heteroatoms. The van der Waals surface area contributed by atoms with E-state index in [0.717, 1.165) is 17.4 Å². The number of likely N-dealkylation sites (N-methyl/N-ethyl adjacent to an activating group) is 1. The number of halogens is 8. The molecule has 0 radical (unpaired) electrons. The van der Waals surface area contributed by atoms with Crippen molar-refractivity contribution in [1.82, 2.24) is 19.8 Å². The largest absolute Gasteiger partial charge is 0.461 e. The first-order valence-electron chi connectivity index (χ1n) is 16.6. The molecule has 0 saturated carbocycles. The first kappa shape index (κ1) is 37.5. The predicted molar refractivity (Wildman–Crippen MR) is 173 cm³/mol. The van der Waals surface area contributed by atoms with Gasteiger partial charge in [-0.1, -0.05) is 0 Å². The lowest BCUT2D eigenvalue weighted by Crippen LogP contribution is -2.43. The summed E-state index contributed by atoms with van der Waals surface area (Å²) in [5.41, 5.74) is 5.54. The van der Waals surface area contributed by atoms with Crippen molar-refractivity contribution in [3.63, 3.8) is 0 Å². The zero-order valence-electron chi connectivity index (χ0n) is 28.4. The Morgan fingerprint density at radius 2 is 1.88 bits per heavy atom. The first-order valence-corrected chi connectivity index (χ1v) is 16.6. The lowest BCUT2D eigenvalue weighted by atomic mass is 9.93. The molecule has 0 bridgehead atoms. The van der Waals surface area contributed by atoms with Gasteiger partial charge in [-0.25, -0.2) is 8.78 Å². The number of carbonyl (C=O) groups is 1. The van der Waals surface area contributed by atoms with E-state index in [1.54, 1.807) is 0 Å². The van der Waals surface area contributed by atoms with Crippen molar-refractivity contribution in [2.24, 2.45) is 10.7 Å². The Kier molecular flexibility index (Phi) is 10.1. The third kappa shape index (κ3) is 7.20. The number of anilines is 2. The second-order valence-electron chi connectivity index (χ2n) is 13.6. The summed E-state index contributed by atoms with van der Waals surface area (Å²) in [5.74, 6) is -2.33. The Hall–Kier alpha value is -4.26. The molecule has 0 unspecified atom stereocenters. The molecular weight excluding hydrogens is 708 g/mol. The number of hydrogen-bond donors (Lipinski definition) is 2. The Balaban J connectivity index is 1.41. The third-order valence-electron chi connectivity index (χ3n) is 9.93. The highest BCUT2D eigenvalue weighted by atomic mass is 19.4. The maximum Gasteiger partial charge on any atom is 0.420 e. The molecule has 0 spiro atoms. The smallest absolute Gasteiger partial charge is 0.420 e. The number of nitrogens with zero attached hydrogens (tertiary/aromatic N) is 6. The van der Waals surface area contributed by atoms with Crippen molar-refractivity contribution in [1.29, 1.82) is 0 Å². The summed E-state index contributed by atoms with van der Waals surface area (Å²) in [6, 6.07) is 1.22. The van der Waals surface area contributed by atoms with Crippen LogP contribution in [0.4, 0.5) is 46.6 Å². The predicted octanol–water partition coefficient (Wildman–Crippen LogP) is 4.50. The molecule has 4 N–H and O–H groups in total. The number of ether oxygens (including phenoxy) is 2. The van der Waals surface area contributed by atoms with Crippen molar-refractivity contribution < 1.29 is 49.4 Å². The summed E-state index contributed by atoms with van der Waals surface area (Å²) < 4.78 is 128. The molecule has 11 nitrogen and oxygen atoms in total. The topological polar surface area (TPSA) is 135 Å². The zero-order chi connectivity index (χ0) is 37.7. The number of hydrogen-bond acceptors (Lipinski definition) is 10. The SMILES string of the molecule is CN(C)C(=O)/C(N)=C(/C1=NCCCN(c2nc(OC[C@@]34CCCN3C[C@H](F)C4)nc3c2CO[C@H](c2c(C(F)(F)F)ccc(N)c2F)C3)C1)C(F)(F)F. The Morgan fingerprint density at radius 3 is 2.58 bits per heavy atom. The minimum absolute atomic E-state index is 0.0233. The van der Waals surface area contributed by atoms with Gasteiger partial charge in [0.05, 0.1) is 47.5 Å². The second-order valence-corrected chi connectivity index (χ2v) is 13.6. The van der Waals surface area contributed by atoms with Crippen molar-refractivity contribution in [2.45, 2.75) is 68.9 Å². The monoisotopic (exact) mass is 746 g/mol. The standard InChI is InChI=1S/C33H38F8N8O3/c1-47(2)29(50)27(43)25(33(39,40)41)22-14-48(9-4-8-44-22)28-18-15-51-23(24-19(32(36,37)38)5-6-20(42)26(24)35)11-21(18)45-30(46-28)52-16-31-7-3-10-49(31)13-17(34)12-31/h5-6,17,23H,3-4,7-16,42-43H2,1-2H3/b27-25+/t17-,23+,31+/m1/s1. The van der Waals surface area contributed by atoms with Crippen LogP contribution in [0.2, 0.25) is 0 Å². The van der Waals surface area contributed by atoms with Crippen LogP contribution in [0.5, 0.6) is 6.01 Å². The Bertz CT molecular complexity index is 1780. The van der Waals surface area contributed by atoms with Crippen LogP contribution in [0.1, 0.15) is 54.2 Å². The summed E-state index contributed by atoms with van der Waals surface area (Å²) in [5, 5.41) is 0. The van der Waals surface area contributed by atoms with E-state index in [2.05, 4.69) is 15.0 Å². The van der Waals surface area contributed by atoms with Crippen LogP contribution in [0.3, 0.4) is 0 Å². The fourth-order valence-electron chi connectivity index (χ4n) is 7.51. The fourth-order valence-corrected chi connectivity index (χ4v) is 7.51. The van der Waals surface area contributed by atoms with Gasteiger partial charge in [-0.2, -0.15) is 36.3 Å². The van der Waals surface area contributed by atoms with Gasteiger partial charge in [-0.3, -0.25) is 14.7 Å². The van der Waals surface area contributed by atoms with Crippen molar-refractivity contribution in [2.75, 3.05) is 64.1 Å². The molecule has 2 saturated heterocycles. The molecule has 2 fully saturated rings. The Morgan fingerprint density at radius 1 is 1.13 bits per heavy atom. The average Bonchev–Trinajstić information content (AvgIpc) is 3.48. The van der Waals surface area contributed by atoms with E-state index in [-0.39, 0.29) is 62.2 Å². The van der Waals surface area contributed by atoms with Gasteiger partial charge in [0.2, 0.25) is 0 Å². The normalized spacial score (nSPS) is 24.5. The van der Waals surface area contributed by atoms with Gasteiger partial charge in [0.25, 0.3) is 5.91 Å². The molecule has 5 heterocycles. The van der Waals surface area contributed by atoms with Crippen LogP contribution >= 0.6 is 0 Å². The number of nitrogen functional groups attached to an aromatic ring is 1. The van der Waals surface area contributed by atoms with E-state index >= 15 is 4.39 Å². The number of benzene rings is 1. The Labute approximate surface area is 293 Å². The van der Waals surface area contributed by atoms with Crippen LogP contribution in [0, 0.1) is 5.82 Å². The summed E-state index contributed by atoms with van der Waals surface area (Å²) in [6.45, 7) is -0.0464. The first-order chi connectivity index (χ1) is 24.4. The highest BCUT2D eigenvalue weighted by molar-refractivity contribution is 6.10. The van der Waals surface area contributed by atoms with Crippen molar-refractivity contribution in [3.05, 3.63) is 51.6 Å². The van der Waals surface area contributed by atoms with Crippen LogP contribution in [0.15, 0.2) is 28.4 Å². The highest BCUT2D eigenvalue weighted by Crippen LogP contribution is 2.44. The van der Waals surface area contributed by atoms with Crippen LogP contribution < -0.4 is 21.1 Å². The number of rotatable bonds is 7. The lowest BCUT2D eigenvalue weighted by Gasteiger charge is -2.33. The fraction of sp³-hybridized carbons (Fsp3) is 0.576. The average molecular weight is 747 g/mol. The van der Waals surface area contributed by atoms with Gasteiger partial charge in [0.1, 0.15) is 29.9 Å². The molecule has 52 heavy (non-hydrogen) atoms. The molecule has 6 rings (SSSR count). The maximum absolute atomic E-state index is 15.3. The van der Waals surface area contributed by atoms with Crippen molar-refractivity contribution >= 4 is 23.1 Å². The number of alkyl halides is 7. The number of fused-ring (bicyclic) bond motifs is 2. The quantitative estimate of drug-likeness (QED) is 0.239. The molecular formula is C33H38F8N8O3. The number of nitrogens with two attached hydrogens (primary N) is 2. The molecule has 2 aromatic rings. The molecule has 0 aliphatic carbocycles. The van der Waals surface area contributed by atoms with Crippen LogP contribution in [-0.4, -0.2) is 103 Å². The molecule has 1 amide bonds. The second kappa shape index (κ2) is 13.9. The van der Waals surface area contributed by atoms with E-state index in [1.807, 2.05) is 4.90 Å². The van der Waals surface area contributed by atoms with Crippen LogP contribution in [0.25, 0.3) is 0 Å². The zero-order valence-corrected chi connectivity index (χ0v) is 28.4. The van der Waals surface area contributed by atoms with E-state index < -0.39 is 95.3 Å². The molecule has 3 atom stereocenters. The minimum Gasteiger partial charge on any atom is -0.461 e. The molecule has 4 aliphatic rings. The van der Waals surface area contributed by atoms with Crippen molar-refractivity contribution in [3.8, 4) is 6.01 Å². The maximum atomic E-state index is 15.3. The number of aliphatic imine (C=N–C) groups is 1. The van der Waals surface area contributed by atoms with Gasteiger partial charge in [-0.05, 0) is 37.9 Å². The number of carbonyl (C=O) groups excluding carboxylic acids is 1. The summed E-state index contributed by atoms with van der Waals surface area (Å²) in [4.78, 5) is 30.1. The molecule has 4 aliphatic heterocycles. The third-order valence-corrected chi connectivity index (χ3v) is 9.93. The summed E-state index contributed by atoms with van der Waals surface area (Å²) >= 11 is 0. The van der Waals surface area contributed by atoms with E-state index in [0.29, 0.717) is 19.0 Å². The van der Waals surface area contributed by atoms with Gasteiger partial charge in [0, 0.05) is 57.7 Å². The molecule has 1 aromatic heterocycles. The lowest BCUT2D eigenvalue weighted by molar-refractivity contribution is -0.140. The minimum atomic E-state index is -5.07. The molecule has 1 aromatic carbocycles.